The maximum Gasteiger partial charge on any atom is 0.255 e. The summed E-state index contributed by atoms with van der Waals surface area (Å²) in [4.78, 5) is 12.8. The summed E-state index contributed by atoms with van der Waals surface area (Å²) in [6.07, 6.45) is 6.48. The molecule has 2 unspecified atom stereocenters. The van der Waals surface area contributed by atoms with Crippen molar-refractivity contribution in [2.75, 3.05) is 6.54 Å². The Balaban J connectivity index is 1.67. The summed E-state index contributed by atoms with van der Waals surface area (Å²) in [6.45, 7) is 0.730. The minimum Gasteiger partial charge on any atom is -0.463 e. The molecule has 0 aliphatic heterocycles. The van der Waals surface area contributed by atoms with Crippen LogP contribution in [0, 0.1) is 5.92 Å². The van der Waals surface area contributed by atoms with E-state index in [0.717, 1.165) is 17.5 Å². The fourth-order valence-electron chi connectivity index (χ4n) is 2.87. The Labute approximate surface area is 126 Å². The molecule has 1 aromatic carbocycles. The van der Waals surface area contributed by atoms with Crippen molar-refractivity contribution in [2.24, 2.45) is 5.92 Å². The molecule has 20 heavy (non-hydrogen) atoms. The van der Waals surface area contributed by atoms with E-state index in [0.29, 0.717) is 16.3 Å². The second-order valence-electron chi connectivity index (χ2n) is 5.42. The molecule has 1 saturated carbocycles. The van der Waals surface area contributed by atoms with Crippen LogP contribution in [0.2, 0.25) is 0 Å². The Bertz CT molecular complexity index is 607. The molecule has 0 saturated heterocycles. The summed E-state index contributed by atoms with van der Waals surface area (Å²) in [5.41, 5.74) is 1.39. The molecule has 1 heterocycles. The van der Waals surface area contributed by atoms with Gasteiger partial charge in [0.25, 0.3) is 5.91 Å². The number of rotatable bonds is 3. The van der Waals surface area contributed by atoms with Gasteiger partial charge < -0.3 is 9.73 Å². The number of para-hydroxylation sites is 1. The van der Waals surface area contributed by atoms with Crippen LogP contribution < -0.4 is 5.32 Å². The van der Waals surface area contributed by atoms with Crippen LogP contribution in [0.3, 0.4) is 0 Å². The van der Waals surface area contributed by atoms with Gasteiger partial charge in [-0.3, -0.25) is 4.79 Å². The minimum atomic E-state index is -0.0415. The molecular weight excluding hydrogens is 318 g/mol. The number of nitrogens with one attached hydrogen (secondary N) is 1. The largest absolute Gasteiger partial charge is 0.463 e. The van der Waals surface area contributed by atoms with Gasteiger partial charge in [0.1, 0.15) is 11.8 Å². The zero-order chi connectivity index (χ0) is 13.9. The maximum atomic E-state index is 12.3. The van der Waals surface area contributed by atoms with Crippen LogP contribution in [-0.4, -0.2) is 17.3 Å². The first-order valence-corrected chi connectivity index (χ1v) is 8.06. The number of furan rings is 1. The van der Waals surface area contributed by atoms with Crippen molar-refractivity contribution in [1.82, 2.24) is 5.32 Å². The molecule has 0 spiro atoms. The van der Waals surface area contributed by atoms with E-state index in [1.807, 2.05) is 24.3 Å². The van der Waals surface area contributed by atoms with Crippen molar-refractivity contribution in [3.8, 4) is 0 Å². The summed E-state index contributed by atoms with van der Waals surface area (Å²) in [5.74, 6) is 0.492. The van der Waals surface area contributed by atoms with Gasteiger partial charge in [-0.25, -0.2) is 0 Å². The first-order chi connectivity index (χ1) is 9.75. The molecule has 1 amide bonds. The van der Waals surface area contributed by atoms with Crippen molar-refractivity contribution in [1.29, 1.82) is 0 Å². The molecule has 106 valence electrons. The number of amides is 1. The van der Waals surface area contributed by atoms with Crippen LogP contribution in [0.15, 0.2) is 34.9 Å². The lowest BCUT2D eigenvalue weighted by atomic mass is 9.89. The second kappa shape index (κ2) is 6.00. The first-order valence-electron chi connectivity index (χ1n) is 7.14. The highest BCUT2D eigenvalue weighted by molar-refractivity contribution is 9.09. The molecule has 0 bridgehead atoms. The molecule has 3 rings (SSSR count). The number of hydrogen-bond acceptors (Lipinski definition) is 2. The van der Waals surface area contributed by atoms with E-state index in [-0.39, 0.29) is 5.91 Å². The SMILES string of the molecule is O=C(NCC1CCCCC1Br)c1coc2ccccc12. The molecule has 1 aliphatic rings. The lowest BCUT2D eigenvalue weighted by molar-refractivity contribution is 0.0945. The number of carbonyl (C=O) groups is 1. The molecule has 1 fully saturated rings. The Hall–Kier alpha value is -1.29. The van der Waals surface area contributed by atoms with E-state index >= 15 is 0 Å². The van der Waals surface area contributed by atoms with Gasteiger partial charge in [0.15, 0.2) is 0 Å². The van der Waals surface area contributed by atoms with E-state index in [1.165, 1.54) is 25.7 Å². The first kappa shape index (κ1) is 13.7. The fourth-order valence-corrected chi connectivity index (χ4v) is 3.64. The van der Waals surface area contributed by atoms with Crippen LogP contribution in [0.1, 0.15) is 36.0 Å². The van der Waals surface area contributed by atoms with Crippen LogP contribution in [-0.2, 0) is 0 Å². The molecular formula is C16H18BrNO2. The van der Waals surface area contributed by atoms with Gasteiger partial charge in [0, 0.05) is 16.8 Å². The molecule has 2 atom stereocenters. The molecule has 1 aliphatic carbocycles. The van der Waals surface area contributed by atoms with E-state index in [2.05, 4.69) is 21.2 Å². The van der Waals surface area contributed by atoms with Crippen molar-refractivity contribution < 1.29 is 9.21 Å². The van der Waals surface area contributed by atoms with Crippen LogP contribution in [0.25, 0.3) is 11.0 Å². The number of carbonyl (C=O) groups excluding carboxylic acids is 1. The number of fused-ring (bicyclic) bond motifs is 1. The standard InChI is InChI=1S/C16H18BrNO2/c17-14-7-3-1-5-11(14)9-18-16(19)13-10-20-15-8-4-2-6-12(13)15/h2,4,6,8,10-11,14H,1,3,5,7,9H2,(H,18,19). The van der Waals surface area contributed by atoms with Gasteiger partial charge in [-0.1, -0.05) is 47.0 Å². The van der Waals surface area contributed by atoms with E-state index < -0.39 is 0 Å². The van der Waals surface area contributed by atoms with Crippen molar-refractivity contribution in [3.05, 3.63) is 36.1 Å². The molecule has 4 heteroatoms. The van der Waals surface area contributed by atoms with Crippen LogP contribution >= 0.6 is 15.9 Å². The lowest BCUT2D eigenvalue weighted by Gasteiger charge is -2.27. The number of halogens is 1. The lowest BCUT2D eigenvalue weighted by Crippen LogP contribution is -2.34. The maximum absolute atomic E-state index is 12.3. The summed E-state index contributed by atoms with van der Waals surface area (Å²) in [7, 11) is 0. The zero-order valence-electron chi connectivity index (χ0n) is 11.3. The Kier molecular flexibility index (Phi) is 4.10. The molecule has 1 N–H and O–H groups in total. The smallest absolute Gasteiger partial charge is 0.255 e. The van der Waals surface area contributed by atoms with Gasteiger partial charge in [0.2, 0.25) is 0 Å². The highest BCUT2D eigenvalue weighted by Crippen LogP contribution is 2.29. The van der Waals surface area contributed by atoms with Crippen LogP contribution in [0.5, 0.6) is 0 Å². The van der Waals surface area contributed by atoms with Gasteiger partial charge >= 0.3 is 0 Å². The van der Waals surface area contributed by atoms with E-state index in [1.54, 1.807) is 6.26 Å². The van der Waals surface area contributed by atoms with Crippen molar-refractivity contribution >= 4 is 32.8 Å². The van der Waals surface area contributed by atoms with Gasteiger partial charge in [0.05, 0.1) is 5.56 Å². The highest BCUT2D eigenvalue weighted by atomic mass is 79.9. The predicted octanol–water partition coefficient (Wildman–Crippen LogP) is 4.12. The third-order valence-corrected chi connectivity index (χ3v) is 5.27. The third kappa shape index (κ3) is 2.75. The summed E-state index contributed by atoms with van der Waals surface area (Å²) in [5, 5.41) is 3.93. The van der Waals surface area contributed by atoms with Crippen LogP contribution in [0.4, 0.5) is 0 Å². The summed E-state index contributed by atoms with van der Waals surface area (Å²) < 4.78 is 5.41. The highest BCUT2D eigenvalue weighted by Gasteiger charge is 2.23. The number of benzene rings is 1. The Morgan fingerprint density at radius 1 is 1.30 bits per heavy atom. The third-order valence-electron chi connectivity index (χ3n) is 4.07. The van der Waals surface area contributed by atoms with Crippen molar-refractivity contribution in [2.45, 2.75) is 30.5 Å². The quantitative estimate of drug-likeness (QED) is 0.857. The fraction of sp³-hybridized carbons (Fsp3) is 0.438. The van der Waals surface area contributed by atoms with Crippen molar-refractivity contribution in [3.63, 3.8) is 0 Å². The Morgan fingerprint density at radius 3 is 2.95 bits per heavy atom. The molecule has 1 aromatic heterocycles. The minimum absolute atomic E-state index is 0.0415. The van der Waals surface area contributed by atoms with E-state index in [9.17, 15) is 4.79 Å². The number of alkyl halides is 1. The number of hydrogen-bond donors (Lipinski definition) is 1. The topological polar surface area (TPSA) is 42.2 Å². The zero-order valence-corrected chi connectivity index (χ0v) is 12.9. The average molecular weight is 336 g/mol. The normalized spacial score (nSPS) is 22.9. The Morgan fingerprint density at radius 2 is 2.10 bits per heavy atom. The molecule has 2 aromatic rings. The average Bonchev–Trinajstić information content (AvgIpc) is 2.90. The monoisotopic (exact) mass is 335 g/mol. The second-order valence-corrected chi connectivity index (χ2v) is 6.59. The molecule has 0 radical (unpaired) electrons. The van der Waals surface area contributed by atoms with Gasteiger partial charge in [-0.05, 0) is 24.8 Å². The summed E-state index contributed by atoms with van der Waals surface area (Å²) in [6, 6.07) is 7.62. The van der Waals surface area contributed by atoms with Gasteiger partial charge in [-0.2, -0.15) is 0 Å². The van der Waals surface area contributed by atoms with Gasteiger partial charge in [-0.15, -0.1) is 0 Å². The molecule has 3 nitrogen and oxygen atoms in total. The predicted molar refractivity (Wildman–Crippen MR) is 83.2 cm³/mol. The summed E-state index contributed by atoms with van der Waals surface area (Å²) >= 11 is 3.72. The van der Waals surface area contributed by atoms with E-state index in [4.69, 9.17) is 4.42 Å².